The van der Waals surface area contributed by atoms with Gasteiger partial charge in [0, 0.05) is 32.9 Å². The third kappa shape index (κ3) is 4.45. The highest BCUT2D eigenvalue weighted by molar-refractivity contribution is 9.10. The van der Waals surface area contributed by atoms with Crippen molar-refractivity contribution in [2.75, 3.05) is 11.9 Å². The zero-order chi connectivity index (χ0) is 24.4. The van der Waals surface area contributed by atoms with Crippen LogP contribution in [0.15, 0.2) is 63.2 Å². The average molecular weight is 543 g/mol. The summed E-state index contributed by atoms with van der Waals surface area (Å²) >= 11 is 4.37. The summed E-state index contributed by atoms with van der Waals surface area (Å²) in [4.78, 5) is 49.2. The summed E-state index contributed by atoms with van der Waals surface area (Å²) in [6.07, 6.45) is 0. The van der Waals surface area contributed by atoms with Gasteiger partial charge in [-0.2, -0.15) is 9.78 Å². The van der Waals surface area contributed by atoms with Crippen LogP contribution in [0.4, 0.5) is 10.7 Å². The molecule has 0 aliphatic rings. The van der Waals surface area contributed by atoms with Crippen LogP contribution in [0.5, 0.6) is 0 Å². The van der Waals surface area contributed by atoms with Gasteiger partial charge in [-0.05, 0) is 37.3 Å². The number of carbonyl (C=O) groups is 2. The molecular weight excluding hydrogens is 528 g/mol. The van der Waals surface area contributed by atoms with E-state index in [-0.39, 0.29) is 39.3 Å². The molecule has 2 aromatic carbocycles. The predicted molar refractivity (Wildman–Crippen MR) is 130 cm³/mol. The van der Waals surface area contributed by atoms with Crippen LogP contribution in [0.1, 0.15) is 27.8 Å². The minimum absolute atomic E-state index is 0.0451. The molecule has 0 atom stereocenters. The van der Waals surface area contributed by atoms with Gasteiger partial charge in [-0.15, -0.1) is 11.3 Å². The molecular formula is C22H15BrN4O6S. The number of aromatic nitrogens is 2. The Hall–Kier alpha value is -3.90. The SMILES string of the molecule is CCOC(=O)c1nn(-c2ccc(Br)cc2)c(=O)c2c(NC(=O)c3cccc([N+](=O)[O-])c3)scc12. The number of nitrogens with one attached hydrogen (secondary N) is 1. The quantitative estimate of drug-likeness (QED) is 0.214. The number of esters is 1. The van der Waals surface area contributed by atoms with Gasteiger partial charge in [0.25, 0.3) is 17.2 Å². The van der Waals surface area contributed by atoms with Gasteiger partial charge >= 0.3 is 5.97 Å². The fourth-order valence-corrected chi connectivity index (χ4v) is 4.38. The number of nitro benzene ring substituents is 1. The molecule has 0 unspecified atom stereocenters. The highest BCUT2D eigenvalue weighted by Crippen LogP contribution is 2.31. The molecule has 34 heavy (non-hydrogen) atoms. The van der Waals surface area contributed by atoms with E-state index in [9.17, 15) is 24.5 Å². The predicted octanol–water partition coefficient (Wildman–Crippen LogP) is 4.55. The van der Waals surface area contributed by atoms with Gasteiger partial charge in [0.2, 0.25) is 0 Å². The molecule has 12 heteroatoms. The first-order chi connectivity index (χ1) is 16.3. The standard InChI is InChI=1S/C22H15BrN4O6S/c1-2-33-22(30)18-16-11-34-20(24-19(28)12-4-3-5-15(10-12)27(31)32)17(16)21(29)26(25-18)14-8-6-13(23)7-9-14/h3-11H,2H2,1H3,(H,24,28). The Balaban J connectivity index is 1.85. The summed E-state index contributed by atoms with van der Waals surface area (Å²) in [6, 6.07) is 11.9. The van der Waals surface area contributed by atoms with Crippen molar-refractivity contribution >= 4 is 60.6 Å². The Morgan fingerprint density at radius 2 is 1.97 bits per heavy atom. The first kappa shape index (κ1) is 23.3. The van der Waals surface area contributed by atoms with E-state index in [1.807, 2.05) is 0 Å². The van der Waals surface area contributed by atoms with Crippen LogP contribution >= 0.6 is 27.3 Å². The minimum Gasteiger partial charge on any atom is -0.461 e. The molecule has 4 rings (SSSR count). The normalized spacial score (nSPS) is 10.8. The molecule has 0 radical (unpaired) electrons. The number of non-ortho nitro benzene ring substituents is 1. The van der Waals surface area contributed by atoms with Crippen molar-refractivity contribution in [1.29, 1.82) is 0 Å². The zero-order valence-corrected chi connectivity index (χ0v) is 19.9. The summed E-state index contributed by atoms with van der Waals surface area (Å²) in [7, 11) is 0. The lowest BCUT2D eigenvalue weighted by Crippen LogP contribution is -2.25. The molecule has 2 heterocycles. The third-order valence-corrected chi connectivity index (χ3v) is 6.16. The number of fused-ring (bicyclic) bond motifs is 1. The van der Waals surface area contributed by atoms with Crippen molar-refractivity contribution in [2.24, 2.45) is 0 Å². The molecule has 0 fully saturated rings. The van der Waals surface area contributed by atoms with Crippen LogP contribution < -0.4 is 10.9 Å². The van der Waals surface area contributed by atoms with E-state index in [0.29, 0.717) is 5.69 Å². The molecule has 1 amide bonds. The lowest BCUT2D eigenvalue weighted by molar-refractivity contribution is -0.384. The molecule has 0 saturated heterocycles. The lowest BCUT2D eigenvalue weighted by Gasteiger charge is -2.10. The summed E-state index contributed by atoms with van der Waals surface area (Å²) in [5.74, 6) is -1.36. The number of carbonyl (C=O) groups excluding carboxylic acids is 2. The van der Waals surface area contributed by atoms with E-state index in [1.165, 1.54) is 23.6 Å². The lowest BCUT2D eigenvalue weighted by atomic mass is 10.2. The van der Waals surface area contributed by atoms with Gasteiger partial charge in [-0.1, -0.05) is 22.0 Å². The summed E-state index contributed by atoms with van der Waals surface area (Å²) in [6.45, 7) is 1.76. The second-order valence-corrected chi connectivity index (χ2v) is 8.67. The van der Waals surface area contributed by atoms with Crippen molar-refractivity contribution in [3.63, 3.8) is 0 Å². The number of rotatable bonds is 6. The fraction of sp³-hybridized carbons (Fsp3) is 0.0909. The van der Waals surface area contributed by atoms with Crippen LogP contribution in [-0.2, 0) is 4.74 Å². The molecule has 4 aromatic rings. The van der Waals surface area contributed by atoms with Crippen LogP contribution in [0.2, 0.25) is 0 Å². The van der Waals surface area contributed by atoms with Crippen molar-refractivity contribution in [2.45, 2.75) is 6.92 Å². The summed E-state index contributed by atoms with van der Waals surface area (Å²) in [5.41, 5.74) is -0.422. The van der Waals surface area contributed by atoms with E-state index in [0.717, 1.165) is 26.6 Å². The summed E-state index contributed by atoms with van der Waals surface area (Å²) in [5, 5.41) is 19.9. The van der Waals surface area contributed by atoms with Gasteiger partial charge < -0.3 is 10.1 Å². The van der Waals surface area contributed by atoms with E-state index >= 15 is 0 Å². The average Bonchev–Trinajstić information content (AvgIpc) is 3.24. The highest BCUT2D eigenvalue weighted by Gasteiger charge is 2.23. The maximum atomic E-state index is 13.4. The Labute approximate surface area is 204 Å². The zero-order valence-electron chi connectivity index (χ0n) is 17.5. The van der Waals surface area contributed by atoms with E-state index < -0.39 is 22.4 Å². The number of nitro groups is 1. The van der Waals surface area contributed by atoms with Crippen molar-refractivity contribution in [3.05, 3.63) is 90.1 Å². The first-order valence-electron chi connectivity index (χ1n) is 9.83. The smallest absolute Gasteiger partial charge is 0.359 e. The van der Waals surface area contributed by atoms with E-state index in [4.69, 9.17) is 4.74 Å². The fourth-order valence-electron chi connectivity index (χ4n) is 3.19. The largest absolute Gasteiger partial charge is 0.461 e. The van der Waals surface area contributed by atoms with E-state index in [2.05, 4.69) is 26.3 Å². The van der Waals surface area contributed by atoms with Gasteiger partial charge in [0.1, 0.15) is 5.00 Å². The van der Waals surface area contributed by atoms with Crippen molar-refractivity contribution in [3.8, 4) is 5.69 Å². The maximum Gasteiger partial charge on any atom is 0.359 e. The van der Waals surface area contributed by atoms with Gasteiger partial charge in [0.05, 0.1) is 22.6 Å². The number of ether oxygens (including phenoxy) is 1. The number of thiophene rings is 1. The monoisotopic (exact) mass is 542 g/mol. The number of hydrogen-bond acceptors (Lipinski definition) is 8. The first-order valence-corrected chi connectivity index (χ1v) is 11.5. The number of amides is 1. The third-order valence-electron chi connectivity index (χ3n) is 4.74. The molecule has 2 aromatic heterocycles. The number of nitrogens with zero attached hydrogens (tertiary/aromatic N) is 3. The molecule has 10 nitrogen and oxygen atoms in total. The molecule has 0 bridgehead atoms. The molecule has 0 aliphatic heterocycles. The van der Waals surface area contributed by atoms with Crippen LogP contribution in [-0.4, -0.2) is 33.2 Å². The van der Waals surface area contributed by atoms with Crippen LogP contribution in [0.25, 0.3) is 16.5 Å². The second-order valence-electron chi connectivity index (χ2n) is 6.88. The second kappa shape index (κ2) is 9.53. The van der Waals surface area contributed by atoms with Gasteiger partial charge in [-0.3, -0.25) is 19.7 Å². The van der Waals surface area contributed by atoms with Gasteiger partial charge in [0.15, 0.2) is 5.69 Å². The summed E-state index contributed by atoms with van der Waals surface area (Å²) < 4.78 is 6.96. The highest BCUT2D eigenvalue weighted by atomic mass is 79.9. The van der Waals surface area contributed by atoms with Crippen molar-refractivity contribution < 1.29 is 19.2 Å². The Morgan fingerprint density at radius 3 is 2.65 bits per heavy atom. The number of hydrogen-bond donors (Lipinski definition) is 1. The maximum absolute atomic E-state index is 13.4. The van der Waals surface area contributed by atoms with Crippen LogP contribution in [0, 0.1) is 10.1 Å². The Morgan fingerprint density at radius 1 is 1.24 bits per heavy atom. The molecule has 172 valence electrons. The Kier molecular flexibility index (Phi) is 6.52. The molecule has 0 saturated carbocycles. The number of benzene rings is 2. The van der Waals surface area contributed by atoms with Crippen molar-refractivity contribution in [1.82, 2.24) is 9.78 Å². The molecule has 1 N–H and O–H groups in total. The van der Waals surface area contributed by atoms with Crippen LogP contribution in [0.3, 0.4) is 0 Å². The molecule has 0 aliphatic carbocycles. The minimum atomic E-state index is -0.715. The van der Waals surface area contributed by atoms with E-state index in [1.54, 1.807) is 31.2 Å². The number of anilines is 1. The Bertz CT molecular complexity index is 1500. The van der Waals surface area contributed by atoms with Gasteiger partial charge in [-0.25, -0.2) is 4.79 Å². The topological polar surface area (TPSA) is 133 Å². The molecule has 0 spiro atoms. The number of halogens is 1.